The first-order valence-electron chi connectivity index (χ1n) is 13.2. The van der Waals surface area contributed by atoms with Crippen molar-refractivity contribution in [3.05, 3.63) is 65.2 Å². The highest BCUT2D eigenvalue weighted by molar-refractivity contribution is 5.89. The van der Waals surface area contributed by atoms with Crippen molar-refractivity contribution in [1.82, 2.24) is 10.2 Å². The summed E-state index contributed by atoms with van der Waals surface area (Å²) < 4.78 is 50.5. The normalized spacial score (nSPS) is 25.7. The Hall–Kier alpha value is -3.15. The molecule has 0 bridgehead atoms. The fourth-order valence-electron chi connectivity index (χ4n) is 5.67. The van der Waals surface area contributed by atoms with Crippen molar-refractivity contribution in [3.63, 3.8) is 0 Å². The predicted octanol–water partition coefficient (Wildman–Crippen LogP) is 3.52. The van der Waals surface area contributed by atoms with Gasteiger partial charge in [0.25, 0.3) is 0 Å². The molecule has 0 radical (unpaired) electrons. The van der Waals surface area contributed by atoms with E-state index in [1.54, 1.807) is 0 Å². The van der Waals surface area contributed by atoms with E-state index in [0.717, 1.165) is 25.0 Å². The maximum absolute atomic E-state index is 13.2. The standard InChI is InChI=1S/C28H32F3N3O5/c29-28(30,31)19-5-7-20(8-6-19)33-27(37)34-14-22(35)15-38-16-25-24(34)10-9-23(39-25)13-26(36)32-21-11-17-3-1-2-4-18(17)12-21/h1-8,21-25,35H,9-16H2,(H,32,36)(H,33,37)/t22-,23+,24+,25-/m0/s1. The Kier molecular flexibility index (Phi) is 8.11. The number of hydrogen-bond acceptors (Lipinski definition) is 5. The molecule has 2 saturated heterocycles. The number of hydrogen-bond donors (Lipinski definition) is 3. The summed E-state index contributed by atoms with van der Waals surface area (Å²) in [7, 11) is 0. The molecular weight excluding hydrogens is 515 g/mol. The molecule has 5 rings (SSSR count). The molecule has 39 heavy (non-hydrogen) atoms. The van der Waals surface area contributed by atoms with Crippen LogP contribution >= 0.6 is 0 Å². The van der Waals surface area contributed by atoms with Gasteiger partial charge in [0.05, 0.1) is 50.0 Å². The zero-order valence-electron chi connectivity index (χ0n) is 21.3. The third kappa shape index (κ3) is 6.71. The fourth-order valence-corrected chi connectivity index (χ4v) is 5.67. The second-order valence-electron chi connectivity index (χ2n) is 10.4. The topological polar surface area (TPSA) is 100 Å². The van der Waals surface area contributed by atoms with Gasteiger partial charge in [0.2, 0.25) is 5.91 Å². The van der Waals surface area contributed by atoms with Crippen molar-refractivity contribution in [2.75, 3.05) is 25.1 Å². The molecule has 3 amide bonds. The van der Waals surface area contributed by atoms with E-state index < -0.39 is 36.0 Å². The largest absolute Gasteiger partial charge is 0.416 e. The first kappa shape index (κ1) is 27.4. The number of urea groups is 1. The monoisotopic (exact) mass is 547 g/mol. The summed E-state index contributed by atoms with van der Waals surface area (Å²) in [5, 5.41) is 16.1. The summed E-state index contributed by atoms with van der Waals surface area (Å²) in [6.45, 7) is 0.121. The Morgan fingerprint density at radius 2 is 1.69 bits per heavy atom. The van der Waals surface area contributed by atoms with Crippen LogP contribution in [-0.4, -0.2) is 72.1 Å². The number of nitrogens with zero attached hydrogens (tertiary/aromatic N) is 1. The lowest BCUT2D eigenvalue weighted by Crippen LogP contribution is -2.58. The van der Waals surface area contributed by atoms with E-state index in [1.165, 1.54) is 28.2 Å². The molecule has 2 fully saturated rings. The van der Waals surface area contributed by atoms with Gasteiger partial charge in [-0.05, 0) is 61.1 Å². The molecule has 2 aliphatic heterocycles. The Labute approximate surface area is 224 Å². The van der Waals surface area contributed by atoms with Crippen LogP contribution in [0.2, 0.25) is 0 Å². The molecule has 0 saturated carbocycles. The lowest BCUT2D eigenvalue weighted by molar-refractivity contribution is -0.150. The second-order valence-corrected chi connectivity index (χ2v) is 10.4. The molecule has 3 aliphatic rings. The van der Waals surface area contributed by atoms with Gasteiger partial charge in [0.15, 0.2) is 0 Å². The molecule has 2 heterocycles. The van der Waals surface area contributed by atoms with E-state index in [4.69, 9.17) is 9.47 Å². The molecule has 2 aromatic carbocycles. The summed E-state index contributed by atoms with van der Waals surface area (Å²) in [6.07, 6.45) is -3.42. The van der Waals surface area contributed by atoms with Crippen molar-refractivity contribution in [2.45, 2.75) is 68.7 Å². The number of anilines is 1. The maximum atomic E-state index is 13.2. The zero-order chi connectivity index (χ0) is 27.6. The quantitative estimate of drug-likeness (QED) is 0.544. The minimum atomic E-state index is -4.47. The number of ether oxygens (including phenoxy) is 2. The SMILES string of the molecule is O=C(C[C@H]1CC[C@@H]2[C@H](COC[C@@H](O)CN2C(=O)Nc2ccc(C(F)(F)F)cc2)O1)NC1Cc2ccccc2C1. The van der Waals surface area contributed by atoms with Crippen molar-refractivity contribution in [1.29, 1.82) is 0 Å². The average Bonchev–Trinajstić information content (AvgIpc) is 3.28. The number of carbonyl (C=O) groups is 2. The Morgan fingerprint density at radius 1 is 1.00 bits per heavy atom. The molecule has 210 valence electrons. The molecule has 2 aromatic rings. The highest BCUT2D eigenvalue weighted by Crippen LogP contribution is 2.31. The highest BCUT2D eigenvalue weighted by atomic mass is 19.4. The van der Waals surface area contributed by atoms with Crippen molar-refractivity contribution < 1.29 is 37.3 Å². The van der Waals surface area contributed by atoms with Gasteiger partial charge in [-0.3, -0.25) is 4.79 Å². The molecule has 3 N–H and O–H groups in total. The molecule has 0 spiro atoms. The first-order chi connectivity index (χ1) is 18.7. The van der Waals surface area contributed by atoms with E-state index in [1.807, 2.05) is 12.1 Å². The number of carbonyl (C=O) groups excluding carboxylic acids is 2. The third-order valence-corrected chi connectivity index (χ3v) is 7.53. The van der Waals surface area contributed by atoms with Crippen LogP contribution in [0.25, 0.3) is 0 Å². The number of rotatable bonds is 4. The summed E-state index contributed by atoms with van der Waals surface area (Å²) in [5.74, 6) is -0.0876. The van der Waals surface area contributed by atoms with Crippen molar-refractivity contribution in [3.8, 4) is 0 Å². The van der Waals surface area contributed by atoms with Gasteiger partial charge in [-0.1, -0.05) is 24.3 Å². The summed E-state index contributed by atoms with van der Waals surface area (Å²) in [6, 6.07) is 11.4. The van der Waals surface area contributed by atoms with Crippen molar-refractivity contribution in [2.24, 2.45) is 0 Å². The van der Waals surface area contributed by atoms with Gasteiger partial charge in [0, 0.05) is 11.7 Å². The van der Waals surface area contributed by atoms with Crippen LogP contribution in [0.4, 0.5) is 23.7 Å². The fraction of sp³-hybridized carbons (Fsp3) is 0.500. The molecule has 4 atom stereocenters. The molecule has 0 unspecified atom stereocenters. The van der Waals surface area contributed by atoms with Crippen LogP contribution in [0.5, 0.6) is 0 Å². The number of aliphatic hydroxyl groups excluding tert-OH is 1. The molecular formula is C28H32F3N3O5. The van der Waals surface area contributed by atoms with Gasteiger partial charge in [-0.25, -0.2) is 4.79 Å². The predicted molar refractivity (Wildman–Crippen MR) is 136 cm³/mol. The number of aliphatic hydroxyl groups is 1. The Morgan fingerprint density at radius 3 is 2.36 bits per heavy atom. The number of halogens is 3. The van der Waals surface area contributed by atoms with Crippen molar-refractivity contribution >= 4 is 17.6 Å². The molecule has 8 nitrogen and oxygen atoms in total. The third-order valence-electron chi connectivity index (χ3n) is 7.53. The average molecular weight is 548 g/mol. The summed E-state index contributed by atoms with van der Waals surface area (Å²) in [4.78, 5) is 27.4. The lowest BCUT2D eigenvalue weighted by atomic mass is 9.95. The van der Waals surface area contributed by atoms with E-state index in [2.05, 4.69) is 22.8 Å². The number of alkyl halides is 3. The van der Waals surface area contributed by atoms with Crippen LogP contribution in [0, 0.1) is 0 Å². The second kappa shape index (κ2) is 11.5. The highest BCUT2D eigenvalue weighted by Gasteiger charge is 2.40. The molecule has 1 aliphatic carbocycles. The van der Waals surface area contributed by atoms with E-state index in [-0.39, 0.29) is 49.9 Å². The van der Waals surface area contributed by atoms with Crippen LogP contribution < -0.4 is 10.6 Å². The Bertz CT molecular complexity index is 1150. The minimum absolute atomic E-state index is 0.00400. The number of β-amino-alcohol motifs (C(OH)–C–C–N with tert-alkyl or cyclic N) is 1. The zero-order valence-corrected chi connectivity index (χ0v) is 21.3. The van der Waals surface area contributed by atoms with Crippen LogP contribution in [0.3, 0.4) is 0 Å². The van der Waals surface area contributed by atoms with E-state index >= 15 is 0 Å². The van der Waals surface area contributed by atoms with Gasteiger partial charge in [-0.15, -0.1) is 0 Å². The van der Waals surface area contributed by atoms with Crippen LogP contribution in [0.15, 0.2) is 48.5 Å². The summed E-state index contributed by atoms with van der Waals surface area (Å²) in [5.41, 5.74) is 1.90. The van der Waals surface area contributed by atoms with Crippen LogP contribution in [-0.2, 0) is 33.3 Å². The molecule has 0 aromatic heterocycles. The van der Waals surface area contributed by atoms with E-state index in [0.29, 0.717) is 12.8 Å². The van der Waals surface area contributed by atoms with E-state index in [9.17, 15) is 27.9 Å². The maximum Gasteiger partial charge on any atom is 0.416 e. The van der Waals surface area contributed by atoms with Gasteiger partial charge in [-0.2, -0.15) is 13.2 Å². The van der Waals surface area contributed by atoms with Gasteiger partial charge in [0.1, 0.15) is 6.10 Å². The van der Waals surface area contributed by atoms with Crippen LogP contribution in [0.1, 0.15) is 36.0 Å². The minimum Gasteiger partial charge on any atom is -0.389 e. The smallest absolute Gasteiger partial charge is 0.389 e. The number of fused-ring (bicyclic) bond motifs is 2. The van der Waals surface area contributed by atoms with Gasteiger partial charge < -0.3 is 30.1 Å². The Balaban J connectivity index is 1.18. The number of amides is 3. The molecule has 11 heteroatoms. The number of benzene rings is 2. The lowest BCUT2D eigenvalue weighted by Gasteiger charge is -2.44. The summed E-state index contributed by atoms with van der Waals surface area (Å²) >= 11 is 0. The first-order valence-corrected chi connectivity index (χ1v) is 13.2. The van der Waals surface area contributed by atoms with Gasteiger partial charge >= 0.3 is 12.2 Å². The number of nitrogens with one attached hydrogen (secondary N) is 2.